The number of anilines is 4. The number of nitrogens with one attached hydrogen (secondary N) is 4. The molecule has 0 spiro atoms. The number of halogens is 1. The van der Waals surface area contributed by atoms with Crippen LogP contribution in [0.3, 0.4) is 0 Å². The van der Waals surface area contributed by atoms with E-state index >= 15 is 0 Å². The summed E-state index contributed by atoms with van der Waals surface area (Å²) in [6.45, 7) is 2.10. The molecule has 0 saturated heterocycles. The van der Waals surface area contributed by atoms with Crippen LogP contribution in [-0.2, 0) is 6.54 Å². The lowest BCUT2D eigenvalue weighted by molar-refractivity contribution is 0.966. The number of nitrogen functional groups attached to an aromatic ring is 1. The van der Waals surface area contributed by atoms with Crippen LogP contribution in [0.4, 0.5) is 23.3 Å². The molecule has 6 N–H and O–H groups in total. The summed E-state index contributed by atoms with van der Waals surface area (Å²) in [5.41, 5.74) is 9.54. The van der Waals surface area contributed by atoms with E-state index in [0.717, 1.165) is 17.1 Å². The molecule has 2 heterocycles. The van der Waals surface area contributed by atoms with Gasteiger partial charge < -0.3 is 21.8 Å². The Labute approximate surface area is 167 Å². The maximum atomic E-state index is 7.96. The van der Waals surface area contributed by atoms with Gasteiger partial charge in [0.05, 0.1) is 0 Å². The second-order valence-corrected chi connectivity index (χ2v) is 7.32. The number of aromatic nitrogens is 4. The number of benzene rings is 1. The van der Waals surface area contributed by atoms with Crippen LogP contribution in [0.1, 0.15) is 42.5 Å². The Balaban J connectivity index is 1.47. The first-order valence-electron chi connectivity index (χ1n) is 9.02. The molecule has 4 rings (SSSR count). The van der Waals surface area contributed by atoms with E-state index in [1.54, 1.807) is 31.3 Å². The fraction of sp³-hybridized carbons (Fsp3) is 0.263. The normalized spacial score (nSPS) is 13.4. The highest BCUT2D eigenvalue weighted by atomic mass is 35.5. The van der Waals surface area contributed by atoms with Crippen LogP contribution in [0.2, 0.25) is 5.02 Å². The highest BCUT2D eigenvalue weighted by molar-refractivity contribution is 6.31. The summed E-state index contributed by atoms with van der Waals surface area (Å²) in [5, 5.41) is 22.2. The molecule has 0 atom stereocenters. The molecule has 8 nitrogen and oxygen atoms in total. The molecule has 3 aromatic rings. The maximum Gasteiger partial charge on any atom is 0.224 e. The molecule has 9 heteroatoms. The van der Waals surface area contributed by atoms with Crippen LogP contribution >= 0.6 is 11.6 Å². The highest BCUT2D eigenvalue weighted by Gasteiger charge is 2.25. The molecular formula is C19H21ClN8. The van der Waals surface area contributed by atoms with Gasteiger partial charge in [-0.25, -0.2) is 4.98 Å². The largest absolute Gasteiger partial charge is 0.398 e. The second-order valence-electron chi connectivity index (χ2n) is 6.88. The third-order valence-electron chi connectivity index (χ3n) is 4.55. The van der Waals surface area contributed by atoms with Gasteiger partial charge in [0.15, 0.2) is 5.82 Å². The summed E-state index contributed by atoms with van der Waals surface area (Å²) < 4.78 is 0. The fourth-order valence-electron chi connectivity index (χ4n) is 3.11. The molecular weight excluding hydrogens is 376 g/mol. The van der Waals surface area contributed by atoms with E-state index in [4.69, 9.17) is 22.7 Å². The van der Waals surface area contributed by atoms with Gasteiger partial charge >= 0.3 is 0 Å². The molecule has 0 unspecified atom stereocenters. The molecule has 1 aliphatic carbocycles. The van der Waals surface area contributed by atoms with Crippen molar-refractivity contribution in [3.05, 3.63) is 52.3 Å². The fourth-order valence-corrected chi connectivity index (χ4v) is 3.36. The Kier molecular flexibility index (Phi) is 4.87. The number of hydrogen-bond donors (Lipinski definition) is 5. The molecule has 0 amide bonds. The number of nitrogens with two attached hydrogens (primary N) is 1. The lowest BCUT2D eigenvalue weighted by atomic mass is 10.0. The number of H-pyrrole nitrogens is 1. The van der Waals surface area contributed by atoms with Gasteiger partial charge in [-0.2, -0.15) is 10.1 Å². The summed E-state index contributed by atoms with van der Waals surface area (Å²) in [6, 6.07) is 7.24. The molecule has 0 bridgehead atoms. The summed E-state index contributed by atoms with van der Waals surface area (Å²) >= 11 is 6.12. The number of hydrogen-bond acceptors (Lipinski definition) is 7. The van der Waals surface area contributed by atoms with Crippen molar-refractivity contribution in [2.24, 2.45) is 0 Å². The van der Waals surface area contributed by atoms with Crippen LogP contribution in [-0.4, -0.2) is 25.9 Å². The van der Waals surface area contributed by atoms with Crippen molar-refractivity contribution in [1.29, 1.82) is 5.41 Å². The van der Waals surface area contributed by atoms with Gasteiger partial charge in [-0.05, 0) is 43.5 Å². The smallest absolute Gasteiger partial charge is 0.224 e. The number of nitrogens with zero attached hydrogens (tertiary/aromatic N) is 3. The Morgan fingerprint density at radius 3 is 2.89 bits per heavy atom. The standard InChI is InChI=1S/C19H21ClN8/c1-10(21)18-12(6-13(20)7-14(18)22)9-24-19-23-5-4-16(26-19)25-17-8-15(27-28-17)11-2-3-11/h4-8,11,21H,2-3,9,22H2,1H3,(H3,23,24,25,26,27,28). The number of aromatic amines is 1. The second kappa shape index (κ2) is 7.47. The Morgan fingerprint density at radius 1 is 1.32 bits per heavy atom. The molecule has 1 fully saturated rings. The third-order valence-corrected chi connectivity index (χ3v) is 4.77. The Morgan fingerprint density at radius 2 is 2.14 bits per heavy atom. The van der Waals surface area contributed by atoms with E-state index in [9.17, 15) is 0 Å². The zero-order chi connectivity index (χ0) is 19.7. The van der Waals surface area contributed by atoms with Crippen molar-refractivity contribution in [2.45, 2.75) is 32.2 Å². The predicted molar refractivity (Wildman–Crippen MR) is 112 cm³/mol. The van der Waals surface area contributed by atoms with Crippen LogP contribution < -0.4 is 16.4 Å². The highest BCUT2D eigenvalue weighted by Crippen LogP contribution is 2.39. The first-order chi connectivity index (χ1) is 13.5. The van der Waals surface area contributed by atoms with Crippen molar-refractivity contribution in [3.8, 4) is 0 Å². The van der Waals surface area contributed by atoms with Gasteiger partial charge in [0.1, 0.15) is 5.82 Å². The predicted octanol–water partition coefficient (Wildman–Crippen LogP) is 4.06. The Hall–Kier alpha value is -3.13. The summed E-state index contributed by atoms with van der Waals surface area (Å²) in [4.78, 5) is 8.72. The quantitative estimate of drug-likeness (QED) is 0.302. The molecule has 1 aliphatic rings. The van der Waals surface area contributed by atoms with E-state index in [-0.39, 0.29) is 0 Å². The molecule has 0 radical (unpaired) electrons. The lowest BCUT2D eigenvalue weighted by Crippen LogP contribution is -2.10. The van der Waals surface area contributed by atoms with Crippen molar-refractivity contribution in [3.63, 3.8) is 0 Å². The third kappa shape index (κ3) is 4.07. The maximum absolute atomic E-state index is 7.96. The SMILES string of the molecule is CC(=N)c1c(N)cc(Cl)cc1CNc1nccc(Nc2cc(C3CC3)[nH]n2)n1. The summed E-state index contributed by atoms with van der Waals surface area (Å²) in [7, 11) is 0. The van der Waals surface area contributed by atoms with E-state index in [2.05, 4.69) is 30.8 Å². The van der Waals surface area contributed by atoms with Gasteiger partial charge in [0.2, 0.25) is 5.95 Å². The van der Waals surface area contributed by atoms with Crippen LogP contribution in [0.15, 0.2) is 30.5 Å². The average Bonchev–Trinajstić information content (AvgIpc) is 3.39. The van der Waals surface area contributed by atoms with Gasteiger partial charge in [-0.15, -0.1) is 0 Å². The Bertz CT molecular complexity index is 1020. The monoisotopic (exact) mass is 396 g/mol. The van der Waals surface area contributed by atoms with Gasteiger partial charge in [0.25, 0.3) is 0 Å². The first kappa shape index (κ1) is 18.2. The molecule has 28 heavy (non-hydrogen) atoms. The van der Waals surface area contributed by atoms with Crippen molar-refractivity contribution < 1.29 is 0 Å². The van der Waals surface area contributed by atoms with E-state index in [0.29, 0.717) is 46.2 Å². The topological polar surface area (TPSA) is 128 Å². The van der Waals surface area contributed by atoms with Gasteiger partial charge in [-0.1, -0.05) is 11.6 Å². The molecule has 2 aromatic heterocycles. The van der Waals surface area contributed by atoms with Crippen molar-refractivity contribution in [2.75, 3.05) is 16.4 Å². The first-order valence-corrected chi connectivity index (χ1v) is 9.40. The van der Waals surface area contributed by atoms with Crippen LogP contribution in [0, 0.1) is 5.41 Å². The summed E-state index contributed by atoms with van der Waals surface area (Å²) in [6.07, 6.45) is 4.10. The zero-order valence-electron chi connectivity index (χ0n) is 15.4. The zero-order valence-corrected chi connectivity index (χ0v) is 16.1. The minimum absolute atomic E-state index is 0.382. The van der Waals surface area contributed by atoms with Gasteiger partial charge in [-0.3, -0.25) is 5.10 Å². The molecule has 0 aliphatic heterocycles. The van der Waals surface area contributed by atoms with E-state index in [1.165, 1.54) is 12.8 Å². The summed E-state index contributed by atoms with van der Waals surface area (Å²) in [5.74, 6) is 2.44. The van der Waals surface area contributed by atoms with Crippen LogP contribution in [0.5, 0.6) is 0 Å². The minimum Gasteiger partial charge on any atom is -0.398 e. The van der Waals surface area contributed by atoms with Crippen molar-refractivity contribution in [1.82, 2.24) is 20.2 Å². The lowest BCUT2D eigenvalue weighted by Gasteiger charge is -2.13. The number of rotatable bonds is 7. The van der Waals surface area contributed by atoms with Crippen molar-refractivity contribution >= 4 is 40.6 Å². The molecule has 1 saturated carbocycles. The van der Waals surface area contributed by atoms with Gasteiger partial charge in [0, 0.05) is 52.4 Å². The van der Waals surface area contributed by atoms with Crippen LogP contribution in [0.25, 0.3) is 0 Å². The van der Waals surface area contributed by atoms with E-state index < -0.39 is 0 Å². The van der Waals surface area contributed by atoms with E-state index in [1.807, 2.05) is 6.07 Å². The average molecular weight is 397 g/mol. The molecule has 144 valence electrons. The molecule has 1 aromatic carbocycles. The minimum atomic E-state index is 0.382.